The van der Waals surface area contributed by atoms with Gasteiger partial charge in [0.2, 0.25) is 0 Å². The van der Waals surface area contributed by atoms with Gasteiger partial charge in [0.25, 0.3) is 0 Å². The minimum atomic E-state index is 0.597. The lowest BCUT2D eigenvalue weighted by Gasteiger charge is -2.02. The van der Waals surface area contributed by atoms with Gasteiger partial charge in [-0.3, -0.25) is 9.67 Å². The summed E-state index contributed by atoms with van der Waals surface area (Å²) in [6, 6.07) is 4.41. The maximum Gasteiger partial charge on any atom is 0.0965 e. The van der Waals surface area contributed by atoms with E-state index in [1.54, 1.807) is 0 Å². The van der Waals surface area contributed by atoms with Gasteiger partial charge in [0, 0.05) is 17.5 Å². The number of anilines is 1. The van der Waals surface area contributed by atoms with E-state index < -0.39 is 0 Å². The highest BCUT2D eigenvalue weighted by atomic mass is 15.3. The van der Waals surface area contributed by atoms with Crippen LogP contribution in [0.4, 0.5) is 5.69 Å². The fourth-order valence-electron chi connectivity index (χ4n) is 1.80. The molecule has 1 aliphatic carbocycles. The van der Waals surface area contributed by atoms with Gasteiger partial charge in [-0.05, 0) is 31.9 Å². The molecule has 0 atom stereocenters. The number of hydrogen-bond donors (Lipinski definition) is 1. The van der Waals surface area contributed by atoms with E-state index in [4.69, 9.17) is 5.73 Å². The Morgan fingerprint density at radius 3 is 2.94 bits per heavy atom. The maximum absolute atomic E-state index is 5.92. The molecule has 2 aromatic heterocycles. The van der Waals surface area contributed by atoms with Gasteiger partial charge >= 0.3 is 0 Å². The van der Waals surface area contributed by atoms with Crippen LogP contribution in [-0.4, -0.2) is 14.8 Å². The van der Waals surface area contributed by atoms with Crippen LogP contribution in [0.25, 0.3) is 11.3 Å². The van der Waals surface area contributed by atoms with E-state index in [9.17, 15) is 0 Å². The molecular weight excluding hydrogens is 200 g/mol. The molecule has 0 bridgehead atoms. The Bertz CT molecular complexity index is 526. The topological polar surface area (TPSA) is 56.7 Å². The van der Waals surface area contributed by atoms with Gasteiger partial charge in [0.05, 0.1) is 23.6 Å². The number of nitrogen functional groups attached to an aromatic ring is 1. The van der Waals surface area contributed by atoms with Crippen molar-refractivity contribution in [3.8, 4) is 11.3 Å². The lowest BCUT2D eigenvalue weighted by Crippen LogP contribution is -1.95. The normalized spacial score (nSPS) is 15.3. The highest BCUT2D eigenvalue weighted by Gasteiger charge is 2.24. The van der Waals surface area contributed by atoms with Crippen LogP contribution in [0.3, 0.4) is 0 Å². The van der Waals surface area contributed by atoms with Gasteiger partial charge in [0.15, 0.2) is 0 Å². The Balaban J connectivity index is 2.03. The van der Waals surface area contributed by atoms with Gasteiger partial charge in [-0.25, -0.2) is 0 Å². The lowest BCUT2D eigenvalue weighted by molar-refractivity contribution is 0.642. The molecule has 0 unspecified atom stereocenters. The molecule has 2 N–H and O–H groups in total. The maximum atomic E-state index is 5.92. The van der Waals surface area contributed by atoms with Crippen molar-refractivity contribution in [1.29, 1.82) is 0 Å². The predicted molar refractivity (Wildman–Crippen MR) is 62.9 cm³/mol. The largest absolute Gasteiger partial charge is 0.397 e. The summed E-state index contributed by atoms with van der Waals surface area (Å²) in [5, 5.41) is 4.35. The molecule has 0 saturated heterocycles. The van der Waals surface area contributed by atoms with E-state index >= 15 is 0 Å². The molecule has 0 amide bonds. The van der Waals surface area contributed by atoms with Gasteiger partial charge in [-0.1, -0.05) is 0 Å². The molecule has 1 aliphatic rings. The number of aryl methyl sites for hydroxylation is 1. The Hall–Kier alpha value is -1.84. The zero-order chi connectivity index (χ0) is 11.1. The van der Waals surface area contributed by atoms with E-state index in [1.807, 2.05) is 36.1 Å². The van der Waals surface area contributed by atoms with Crippen LogP contribution >= 0.6 is 0 Å². The van der Waals surface area contributed by atoms with Crippen LogP contribution in [0.2, 0.25) is 0 Å². The number of aromatic nitrogens is 3. The summed E-state index contributed by atoms with van der Waals surface area (Å²) in [6.07, 6.45) is 6.35. The molecule has 4 nitrogen and oxygen atoms in total. The first-order valence-corrected chi connectivity index (χ1v) is 5.52. The molecule has 1 saturated carbocycles. The summed E-state index contributed by atoms with van der Waals surface area (Å²) in [7, 11) is 0. The van der Waals surface area contributed by atoms with Crippen molar-refractivity contribution in [2.75, 3.05) is 5.73 Å². The van der Waals surface area contributed by atoms with E-state index in [2.05, 4.69) is 10.1 Å². The van der Waals surface area contributed by atoms with Crippen molar-refractivity contribution >= 4 is 5.69 Å². The van der Waals surface area contributed by atoms with E-state index in [-0.39, 0.29) is 0 Å². The Morgan fingerprint density at radius 1 is 1.38 bits per heavy atom. The quantitative estimate of drug-likeness (QED) is 0.833. The van der Waals surface area contributed by atoms with Crippen LogP contribution < -0.4 is 5.73 Å². The van der Waals surface area contributed by atoms with Crippen molar-refractivity contribution in [2.45, 2.75) is 25.8 Å². The predicted octanol–water partition coefficient (Wildman–Crippen LogP) is 2.17. The van der Waals surface area contributed by atoms with Crippen molar-refractivity contribution in [1.82, 2.24) is 14.8 Å². The first kappa shape index (κ1) is 9.39. The molecule has 16 heavy (non-hydrogen) atoms. The molecule has 4 heteroatoms. The van der Waals surface area contributed by atoms with Crippen LogP contribution in [0.1, 0.15) is 24.6 Å². The SMILES string of the molecule is Cc1ccc(N)c(-c2cnn(C3CC3)c2)n1. The van der Waals surface area contributed by atoms with Crippen LogP contribution in [0, 0.1) is 6.92 Å². The average molecular weight is 214 g/mol. The second kappa shape index (κ2) is 3.33. The van der Waals surface area contributed by atoms with Crippen LogP contribution in [0.15, 0.2) is 24.5 Å². The fourth-order valence-corrected chi connectivity index (χ4v) is 1.80. The first-order chi connectivity index (χ1) is 7.74. The van der Waals surface area contributed by atoms with Gasteiger partial charge in [0.1, 0.15) is 0 Å². The molecule has 2 aromatic rings. The molecule has 1 fully saturated rings. The number of nitrogens with zero attached hydrogens (tertiary/aromatic N) is 3. The van der Waals surface area contributed by atoms with Crippen molar-refractivity contribution in [3.63, 3.8) is 0 Å². The van der Waals surface area contributed by atoms with Gasteiger partial charge < -0.3 is 5.73 Å². The summed E-state index contributed by atoms with van der Waals surface area (Å²) in [5.74, 6) is 0. The molecule has 0 spiro atoms. The van der Waals surface area contributed by atoms with E-state index in [0.717, 1.165) is 17.0 Å². The Morgan fingerprint density at radius 2 is 2.19 bits per heavy atom. The molecular formula is C12H14N4. The van der Waals surface area contributed by atoms with E-state index in [0.29, 0.717) is 11.7 Å². The summed E-state index contributed by atoms with van der Waals surface area (Å²) in [6.45, 7) is 1.97. The third-order valence-electron chi connectivity index (χ3n) is 2.86. The number of pyridine rings is 1. The monoisotopic (exact) mass is 214 g/mol. The number of hydrogen-bond acceptors (Lipinski definition) is 3. The minimum absolute atomic E-state index is 0.597. The Kier molecular flexibility index (Phi) is 1.96. The smallest absolute Gasteiger partial charge is 0.0965 e. The fraction of sp³-hybridized carbons (Fsp3) is 0.333. The summed E-state index contributed by atoms with van der Waals surface area (Å²) < 4.78 is 2.01. The first-order valence-electron chi connectivity index (χ1n) is 5.52. The van der Waals surface area contributed by atoms with Crippen molar-refractivity contribution in [3.05, 3.63) is 30.2 Å². The van der Waals surface area contributed by atoms with Crippen molar-refractivity contribution in [2.24, 2.45) is 0 Å². The standard InChI is InChI=1S/C12H14N4/c1-8-2-5-11(13)12(15-8)9-6-14-16(7-9)10-3-4-10/h2,5-7,10H,3-4,13H2,1H3. The molecule has 0 aliphatic heterocycles. The van der Waals surface area contributed by atoms with Gasteiger partial charge in [-0.2, -0.15) is 5.10 Å². The lowest BCUT2D eigenvalue weighted by atomic mass is 10.2. The molecule has 3 rings (SSSR count). The zero-order valence-corrected chi connectivity index (χ0v) is 9.22. The molecule has 0 radical (unpaired) electrons. The molecule has 2 heterocycles. The van der Waals surface area contributed by atoms with Crippen LogP contribution in [-0.2, 0) is 0 Å². The van der Waals surface area contributed by atoms with E-state index in [1.165, 1.54) is 12.8 Å². The highest BCUT2D eigenvalue weighted by Crippen LogP contribution is 2.35. The third kappa shape index (κ3) is 1.56. The summed E-state index contributed by atoms with van der Waals surface area (Å²) in [4.78, 5) is 4.46. The second-order valence-corrected chi connectivity index (χ2v) is 4.33. The molecule has 0 aromatic carbocycles. The second-order valence-electron chi connectivity index (χ2n) is 4.33. The Labute approximate surface area is 94.1 Å². The van der Waals surface area contributed by atoms with Crippen LogP contribution in [0.5, 0.6) is 0 Å². The molecule has 82 valence electrons. The average Bonchev–Trinajstić information content (AvgIpc) is 3.01. The highest BCUT2D eigenvalue weighted by molar-refractivity contribution is 5.71. The van der Waals surface area contributed by atoms with Gasteiger partial charge in [-0.15, -0.1) is 0 Å². The summed E-state index contributed by atoms with van der Waals surface area (Å²) >= 11 is 0. The van der Waals surface area contributed by atoms with Crippen molar-refractivity contribution < 1.29 is 0 Å². The third-order valence-corrected chi connectivity index (χ3v) is 2.86. The number of nitrogens with two attached hydrogens (primary N) is 1. The summed E-state index contributed by atoms with van der Waals surface area (Å²) in [5.41, 5.74) is 9.45. The number of rotatable bonds is 2. The minimum Gasteiger partial charge on any atom is -0.397 e. The zero-order valence-electron chi connectivity index (χ0n) is 9.22.